The van der Waals surface area contributed by atoms with Crippen LogP contribution in [0.25, 0.3) is 0 Å². The van der Waals surface area contributed by atoms with Crippen molar-refractivity contribution in [2.75, 3.05) is 32.8 Å². The zero-order valence-electron chi connectivity index (χ0n) is 12.2. The van der Waals surface area contributed by atoms with E-state index in [2.05, 4.69) is 17.4 Å². The summed E-state index contributed by atoms with van der Waals surface area (Å²) in [5.41, 5.74) is 7.43. The van der Waals surface area contributed by atoms with Gasteiger partial charge in [0.05, 0.1) is 19.1 Å². The third-order valence-corrected chi connectivity index (χ3v) is 4.36. The average molecular weight is 289 g/mol. The number of hydrogen-bond acceptors (Lipinski definition) is 4. The van der Waals surface area contributed by atoms with Crippen LogP contribution >= 0.6 is 0 Å². The lowest BCUT2D eigenvalue weighted by atomic mass is 9.95. The van der Waals surface area contributed by atoms with Crippen LogP contribution in [0, 0.1) is 0 Å². The largest absolute Gasteiger partial charge is 0.375 e. The van der Waals surface area contributed by atoms with Crippen molar-refractivity contribution < 1.29 is 9.53 Å². The minimum atomic E-state index is 0.0214. The molecule has 3 N–H and O–H groups in total. The number of amides is 1. The zero-order chi connectivity index (χ0) is 14.7. The second-order valence-electron chi connectivity index (χ2n) is 5.88. The Hall–Kier alpha value is -1.43. The molecule has 2 heterocycles. The monoisotopic (exact) mass is 289 g/mol. The number of nitrogens with two attached hydrogens (primary N) is 1. The molecule has 0 aromatic heterocycles. The number of ether oxygens (including phenoxy) is 1. The molecule has 1 aromatic carbocycles. The number of carbonyl (C=O) groups is 1. The Labute approximate surface area is 125 Å². The van der Waals surface area contributed by atoms with Crippen LogP contribution < -0.4 is 11.1 Å². The van der Waals surface area contributed by atoms with Gasteiger partial charge in [0.25, 0.3) is 0 Å². The van der Waals surface area contributed by atoms with E-state index in [0.29, 0.717) is 19.6 Å². The topological polar surface area (TPSA) is 67.6 Å². The van der Waals surface area contributed by atoms with Crippen molar-refractivity contribution in [3.05, 3.63) is 35.9 Å². The van der Waals surface area contributed by atoms with Gasteiger partial charge in [0.2, 0.25) is 5.91 Å². The second-order valence-corrected chi connectivity index (χ2v) is 5.88. The molecule has 1 amide bonds. The Morgan fingerprint density at radius 2 is 2.05 bits per heavy atom. The number of rotatable bonds is 5. The Morgan fingerprint density at radius 1 is 1.29 bits per heavy atom. The summed E-state index contributed by atoms with van der Waals surface area (Å²) in [6.45, 7) is 3.67. The van der Waals surface area contributed by atoms with Crippen LogP contribution in [0.1, 0.15) is 17.9 Å². The van der Waals surface area contributed by atoms with Gasteiger partial charge in [0.1, 0.15) is 0 Å². The van der Waals surface area contributed by atoms with Crippen LogP contribution in [0.4, 0.5) is 0 Å². The van der Waals surface area contributed by atoms with Gasteiger partial charge in [0.15, 0.2) is 0 Å². The molecule has 5 heteroatoms. The van der Waals surface area contributed by atoms with Crippen molar-refractivity contribution in [3.8, 4) is 0 Å². The highest BCUT2D eigenvalue weighted by Crippen LogP contribution is 2.26. The molecule has 0 spiro atoms. The summed E-state index contributed by atoms with van der Waals surface area (Å²) in [6, 6.07) is 10.2. The van der Waals surface area contributed by atoms with Crippen LogP contribution in [0.15, 0.2) is 30.3 Å². The number of nitrogens with one attached hydrogen (secondary N) is 1. The van der Waals surface area contributed by atoms with Crippen molar-refractivity contribution in [2.45, 2.75) is 24.5 Å². The third kappa shape index (κ3) is 3.43. The maximum absolute atomic E-state index is 12.2. The fraction of sp³-hybridized carbons (Fsp3) is 0.562. The van der Waals surface area contributed by atoms with E-state index in [1.54, 1.807) is 0 Å². The summed E-state index contributed by atoms with van der Waals surface area (Å²) in [7, 11) is 0. The van der Waals surface area contributed by atoms with E-state index in [1.165, 1.54) is 5.56 Å². The van der Waals surface area contributed by atoms with E-state index in [4.69, 9.17) is 10.5 Å². The van der Waals surface area contributed by atoms with Gasteiger partial charge in [-0.2, -0.15) is 0 Å². The van der Waals surface area contributed by atoms with Gasteiger partial charge in [-0.15, -0.1) is 0 Å². The molecule has 1 aromatic rings. The minimum Gasteiger partial charge on any atom is -0.375 e. The molecule has 2 aliphatic heterocycles. The number of benzene rings is 1. The molecule has 2 saturated heterocycles. The van der Waals surface area contributed by atoms with E-state index in [9.17, 15) is 4.79 Å². The van der Waals surface area contributed by atoms with Crippen LogP contribution in [0.3, 0.4) is 0 Å². The van der Waals surface area contributed by atoms with E-state index in [0.717, 1.165) is 19.6 Å². The van der Waals surface area contributed by atoms with Gasteiger partial charge in [-0.25, -0.2) is 0 Å². The predicted molar refractivity (Wildman–Crippen MR) is 81.0 cm³/mol. The maximum atomic E-state index is 12.2. The number of likely N-dealkylation sites (tertiary alicyclic amines) is 1. The Kier molecular flexibility index (Phi) is 4.53. The standard InChI is InChI=1S/C16H23N3O2/c17-15-11-19(10-14(15)12-4-2-1-3-5-12)16(20)6-7-21-13-8-18-9-13/h1-5,13-15,18H,6-11,17H2/t14-,15+/m0/s1. The predicted octanol–water partition coefficient (Wildman–Crippen LogP) is 0.318. The third-order valence-electron chi connectivity index (χ3n) is 4.36. The first-order valence-corrected chi connectivity index (χ1v) is 7.64. The molecule has 0 bridgehead atoms. The van der Waals surface area contributed by atoms with E-state index in [-0.39, 0.29) is 24.0 Å². The molecular weight excluding hydrogens is 266 g/mol. The minimum absolute atomic E-state index is 0.0214. The average Bonchev–Trinajstić information content (AvgIpc) is 2.84. The summed E-state index contributed by atoms with van der Waals surface area (Å²) >= 11 is 0. The molecule has 21 heavy (non-hydrogen) atoms. The summed E-state index contributed by atoms with van der Waals surface area (Å²) < 4.78 is 5.61. The highest BCUT2D eigenvalue weighted by molar-refractivity contribution is 5.76. The fourth-order valence-corrected chi connectivity index (χ4v) is 2.94. The van der Waals surface area contributed by atoms with Crippen molar-refractivity contribution >= 4 is 5.91 Å². The van der Waals surface area contributed by atoms with E-state index in [1.807, 2.05) is 23.1 Å². The molecule has 0 radical (unpaired) electrons. The molecule has 0 aliphatic carbocycles. The molecule has 3 rings (SSSR count). The lowest BCUT2D eigenvalue weighted by Crippen LogP contribution is -2.48. The molecule has 2 fully saturated rings. The van der Waals surface area contributed by atoms with Gasteiger partial charge in [-0.05, 0) is 5.56 Å². The Balaban J connectivity index is 1.49. The van der Waals surface area contributed by atoms with Gasteiger partial charge in [-0.1, -0.05) is 30.3 Å². The van der Waals surface area contributed by atoms with Gasteiger partial charge in [0, 0.05) is 38.1 Å². The van der Waals surface area contributed by atoms with E-state index < -0.39 is 0 Å². The molecule has 0 unspecified atom stereocenters. The van der Waals surface area contributed by atoms with E-state index >= 15 is 0 Å². The second kappa shape index (κ2) is 6.56. The van der Waals surface area contributed by atoms with Crippen LogP contribution in [-0.2, 0) is 9.53 Å². The van der Waals surface area contributed by atoms with Crippen LogP contribution in [0.5, 0.6) is 0 Å². The first-order valence-electron chi connectivity index (χ1n) is 7.64. The smallest absolute Gasteiger partial charge is 0.224 e. The molecule has 2 aliphatic rings. The molecule has 5 nitrogen and oxygen atoms in total. The van der Waals surface area contributed by atoms with Crippen molar-refractivity contribution in [2.24, 2.45) is 5.73 Å². The van der Waals surface area contributed by atoms with Gasteiger partial charge >= 0.3 is 0 Å². The van der Waals surface area contributed by atoms with Gasteiger partial charge in [-0.3, -0.25) is 4.79 Å². The highest BCUT2D eigenvalue weighted by atomic mass is 16.5. The molecule has 2 atom stereocenters. The number of nitrogens with zero attached hydrogens (tertiary/aromatic N) is 1. The van der Waals surface area contributed by atoms with Crippen molar-refractivity contribution in [1.29, 1.82) is 0 Å². The fourth-order valence-electron chi connectivity index (χ4n) is 2.94. The van der Waals surface area contributed by atoms with Crippen LogP contribution in [-0.4, -0.2) is 55.7 Å². The zero-order valence-corrected chi connectivity index (χ0v) is 12.2. The summed E-state index contributed by atoms with van der Waals surface area (Å²) in [4.78, 5) is 14.1. The van der Waals surface area contributed by atoms with Gasteiger partial charge < -0.3 is 20.7 Å². The molecular formula is C16H23N3O2. The van der Waals surface area contributed by atoms with Crippen molar-refractivity contribution in [3.63, 3.8) is 0 Å². The van der Waals surface area contributed by atoms with Crippen molar-refractivity contribution in [1.82, 2.24) is 10.2 Å². The maximum Gasteiger partial charge on any atom is 0.224 e. The lowest BCUT2D eigenvalue weighted by Gasteiger charge is -2.27. The quantitative estimate of drug-likeness (QED) is 0.819. The highest BCUT2D eigenvalue weighted by Gasteiger charge is 2.33. The number of hydrogen-bond donors (Lipinski definition) is 2. The first-order chi connectivity index (χ1) is 10.2. The Bertz CT molecular complexity index is 476. The summed E-state index contributed by atoms with van der Waals surface area (Å²) in [5.74, 6) is 0.392. The SMILES string of the molecule is N[C@@H]1CN(C(=O)CCOC2CNC2)C[C@H]1c1ccccc1. The number of carbonyl (C=O) groups excluding carboxylic acids is 1. The lowest BCUT2D eigenvalue weighted by molar-refractivity contribution is -0.132. The first kappa shape index (κ1) is 14.5. The molecule has 0 saturated carbocycles. The van der Waals surface area contributed by atoms with Crippen LogP contribution in [0.2, 0.25) is 0 Å². The normalized spacial score (nSPS) is 25.9. The molecule has 114 valence electrons. The summed E-state index contributed by atoms with van der Waals surface area (Å²) in [5, 5.41) is 3.15. The Morgan fingerprint density at radius 3 is 2.71 bits per heavy atom. The summed E-state index contributed by atoms with van der Waals surface area (Å²) in [6.07, 6.45) is 0.737.